The minimum atomic E-state index is -0.609. The fraction of sp³-hybridized carbons (Fsp3) is 0.550. The average Bonchev–Trinajstić information content (AvgIpc) is 3.08. The van der Waals surface area contributed by atoms with Crippen molar-refractivity contribution in [2.24, 2.45) is 0 Å². The van der Waals surface area contributed by atoms with E-state index in [0.29, 0.717) is 0 Å². The van der Waals surface area contributed by atoms with Crippen LogP contribution >= 0.6 is 0 Å². The zero-order chi connectivity index (χ0) is 21.4. The van der Waals surface area contributed by atoms with Crippen molar-refractivity contribution in [3.63, 3.8) is 0 Å². The summed E-state index contributed by atoms with van der Waals surface area (Å²) < 4.78 is 19.7. The second kappa shape index (κ2) is 7.46. The highest BCUT2D eigenvalue weighted by atomic mass is 16.7. The summed E-state index contributed by atoms with van der Waals surface area (Å²) in [5.41, 5.74) is 0.754. The van der Waals surface area contributed by atoms with E-state index >= 15 is 0 Å². The Bertz CT molecular complexity index is 914. The van der Waals surface area contributed by atoms with Crippen LogP contribution in [0.2, 0.25) is 0 Å². The number of rotatable bonds is 4. The van der Waals surface area contributed by atoms with Gasteiger partial charge in [-0.05, 0) is 60.0 Å². The number of alkyl carbamates (subject to hydrolysis) is 1. The highest BCUT2D eigenvalue weighted by Gasteiger charge is 2.52. The molecule has 2 aromatic heterocycles. The van der Waals surface area contributed by atoms with Crippen molar-refractivity contribution >= 4 is 24.9 Å². The molecule has 0 atom stereocenters. The van der Waals surface area contributed by atoms with Gasteiger partial charge in [-0.15, -0.1) is 0 Å². The number of ether oxygens (including phenoxy) is 1. The first kappa shape index (κ1) is 21.3. The standard InChI is InChI=1S/C20H29BN4O4/c1-18(2,3)27-17(26)24-11-14(21-28-19(4,5)20(6,7)29-21)10-15-12-23-16-13-22-8-9-25(15)16/h8-10,12-13H,11H2,1-7H3,(H,24,26). The van der Waals surface area contributed by atoms with E-state index in [0.717, 1.165) is 16.8 Å². The molecule has 0 saturated carbocycles. The van der Waals surface area contributed by atoms with Crippen molar-refractivity contribution in [2.45, 2.75) is 65.3 Å². The van der Waals surface area contributed by atoms with E-state index in [1.54, 1.807) is 18.6 Å². The third kappa shape index (κ3) is 4.79. The first-order chi connectivity index (χ1) is 13.4. The topological polar surface area (TPSA) is 87.0 Å². The molecule has 0 unspecified atom stereocenters. The lowest BCUT2D eigenvalue weighted by Gasteiger charge is -2.32. The molecule has 29 heavy (non-hydrogen) atoms. The van der Waals surface area contributed by atoms with Gasteiger partial charge >= 0.3 is 13.2 Å². The lowest BCUT2D eigenvalue weighted by atomic mass is 9.77. The molecule has 1 aliphatic heterocycles. The molecule has 0 spiro atoms. The number of imidazole rings is 1. The highest BCUT2D eigenvalue weighted by molar-refractivity contribution is 6.56. The number of hydrogen-bond acceptors (Lipinski definition) is 6. The number of hydrogen-bond donors (Lipinski definition) is 1. The Morgan fingerprint density at radius 2 is 1.90 bits per heavy atom. The quantitative estimate of drug-likeness (QED) is 0.793. The Morgan fingerprint density at radius 1 is 1.24 bits per heavy atom. The normalized spacial score (nSPS) is 18.9. The van der Waals surface area contributed by atoms with Crippen molar-refractivity contribution in [1.82, 2.24) is 19.7 Å². The van der Waals surface area contributed by atoms with Gasteiger partial charge in [0.15, 0.2) is 5.65 Å². The molecule has 1 N–H and O–H groups in total. The molecular formula is C20H29BN4O4. The molecule has 3 rings (SSSR count). The SMILES string of the molecule is CC(C)(C)OC(=O)NCC(=Cc1cnc2cnccn12)B1OC(C)(C)C(C)(C)O1. The molecule has 8 nitrogen and oxygen atoms in total. The average molecular weight is 400 g/mol. The summed E-state index contributed by atoms with van der Waals surface area (Å²) in [4.78, 5) is 20.6. The maximum atomic E-state index is 12.2. The Labute approximate surface area is 171 Å². The zero-order valence-electron chi connectivity index (χ0n) is 18.1. The Balaban J connectivity index is 1.89. The Kier molecular flexibility index (Phi) is 5.49. The third-order valence-electron chi connectivity index (χ3n) is 5.07. The summed E-state index contributed by atoms with van der Waals surface area (Å²) in [5, 5.41) is 2.80. The van der Waals surface area contributed by atoms with Gasteiger partial charge < -0.3 is 19.4 Å². The summed E-state index contributed by atoms with van der Waals surface area (Å²) in [6, 6.07) is 0. The number of amides is 1. The molecule has 1 amide bonds. The smallest absolute Gasteiger partial charge is 0.444 e. The van der Waals surface area contributed by atoms with Crippen LogP contribution in [0.5, 0.6) is 0 Å². The van der Waals surface area contributed by atoms with E-state index < -0.39 is 30.0 Å². The molecule has 0 aromatic carbocycles. The molecule has 9 heteroatoms. The highest BCUT2D eigenvalue weighted by Crippen LogP contribution is 2.38. The maximum absolute atomic E-state index is 12.2. The number of fused-ring (bicyclic) bond motifs is 1. The minimum absolute atomic E-state index is 0.212. The number of carbonyl (C=O) groups is 1. The third-order valence-corrected chi connectivity index (χ3v) is 5.07. The van der Waals surface area contributed by atoms with E-state index in [-0.39, 0.29) is 6.54 Å². The van der Waals surface area contributed by atoms with Gasteiger partial charge in [-0.3, -0.25) is 9.38 Å². The van der Waals surface area contributed by atoms with E-state index in [9.17, 15) is 4.79 Å². The van der Waals surface area contributed by atoms with Crippen molar-refractivity contribution in [2.75, 3.05) is 6.54 Å². The van der Waals surface area contributed by atoms with E-state index in [2.05, 4.69) is 15.3 Å². The fourth-order valence-electron chi connectivity index (χ4n) is 2.84. The van der Waals surface area contributed by atoms with Crippen LogP contribution in [0.3, 0.4) is 0 Å². The van der Waals surface area contributed by atoms with Crippen LogP contribution in [0.1, 0.15) is 54.2 Å². The molecule has 156 valence electrons. The van der Waals surface area contributed by atoms with Gasteiger partial charge in [0.1, 0.15) is 5.60 Å². The molecule has 0 bridgehead atoms. The number of nitrogens with one attached hydrogen (secondary N) is 1. The van der Waals surface area contributed by atoms with Crippen LogP contribution in [0.25, 0.3) is 11.7 Å². The van der Waals surface area contributed by atoms with Crippen molar-refractivity contribution in [3.8, 4) is 0 Å². The summed E-state index contributed by atoms with van der Waals surface area (Å²) in [6.45, 7) is 13.7. The number of carbonyl (C=O) groups excluding carboxylic acids is 1. The van der Waals surface area contributed by atoms with Gasteiger partial charge in [0, 0.05) is 18.9 Å². The maximum Gasteiger partial charge on any atom is 0.492 e. The van der Waals surface area contributed by atoms with E-state index in [4.69, 9.17) is 14.0 Å². The fourth-order valence-corrected chi connectivity index (χ4v) is 2.84. The van der Waals surface area contributed by atoms with Gasteiger partial charge in [0.05, 0.1) is 29.3 Å². The van der Waals surface area contributed by atoms with Crippen molar-refractivity contribution in [3.05, 3.63) is 36.0 Å². The first-order valence-electron chi connectivity index (χ1n) is 9.68. The Morgan fingerprint density at radius 3 is 2.52 bits per heavy atom. The summed E-state index contributed by atoms with van der Waals surface area (Å²) in [6.07, 6.45) is 8.37. The predicted octanol–water partition coefficient (Wildman–Crippen LogP) is 3.27. The van der Waals surface area contributed by atoms with E-state index in [1.165, 1.54) is 0 Å². The lowest BCUT2D eigenvalue weighted by molar-refractivity contribution is 0.00578. The summed E-state index contributed by atoms with van der Waals surface area (Å²) in [7, 11) is -0.609. The van der Waals surface area contributed by atoms with Crippen molar-refractivity contribution in [1.29, 1.82) is 0 Å². The van der Waals surface area contributed by atoms with E-state index in [1.807, 2.05) is 65.1 Å². The molecule has 3 heterocycles. The molecule has 2 aromatic rings. The van der Waals surface area contributed by atoms with Crippen LogP contribution in [-0.4, -0.2) is 50.9 Å². The largest absolute Gasteiger partial charge is 0.492 e. The van der Waals surface area contributed by atoms with Gasteiger partial charge in [0.2, 0.25) is 0 Å². The number of nitrogens with zero attached hydrogens (tertiary/aromatic N) is 3. The van der Waals surface area contributed by atoms with Gasteiger partial charge in [-0.1, -0.05) is 0 Å². The Hall–Kier alpha value is -2.39. The number of aromatic nitrogens is 3. The molecule has 0 aliphatic carbocycles. The molecule has 1 aliphatic rings. The van der Waals surface area contributed by atoms with Crippen LogP contribution in [0.15, 0.2) is 30.3 Å². The predicted molar refractivity (Wildman–Crippen MR) is 111 cm³/mol. The molecule has 1 fully saturated rings. The molecule has 0 radical (unpaired) electrons. The first-order valence-corrected chi connectivity index (χ1v) is 9.68. The second-order valence-electron chi connectivity index (χ2n) is 9.15. The zero-order valence-corrected chi connectivity index (χ0v) is 18.1. The van der Waals surface area contributed by atoms with Crippen LogP contribution in [0, 0.1) is 0 Å². The van der Waals surface area contributed by atoms with Crippen LogP contribution < -0.4 is 5.32 Å². The van der Waals surface area contributed by atoms with Gasteiger partial charge in [0.25, 0.3) is 0 Å². The molecular weight excluding hydrogens is 371 g/mol. The summed E-state index contributed by atoms with van der Waals surface area (Å²) in [5.74, 6) is 0. The monoisotopic (exact) mass is 400 g/mol. The lowest BCUT2D eigenvalue weighted by Crippen LogP contribution is -2.41. The van der Waals surface area contributed by atoms with Crippen LogP contribution in [0.4, 0.5) is 4.79 Å². The van der Waals surface area contributed by atoms with Crippen LogP contribution in [-0.2, 0) is 14.0 Å². The second-order valence-corrected chi connectivity index (χ2v) is 9.15. The molecule has 1 saturated heterocycles. The minimum Gasteiger partial charge on any atom is -0.444 e. The van der Waals surface area contributed by atoms with Gasteiger partial charge in [-0.25, -0.2) is 9.78 Å². The summed E-state index contributed by atoms with van der Waals surface area (Å²) >= 11 is 0. The van der Waals surface area contributed by atoms with Crippen molar-refractivity contribution < 1.29 is 18.8 Å². The van der Waals surface area contributed by atoms with Gasteiger partial charge in [-0.2, -0.15) is 0 Å².